The standard InChI is InChI=1S/C22H21NO4/c1-3-20(24)22-18-8-7-17(10-16(18)11-26-22)27-21(19-12-25-13-23-19)15-6-4-5-14(2)9-15/h4-13,20-21,24H,3H2,1-2H3. The van der Waals surface area contributed by atoms with E-state index in [2.05, 4.69) is 11.1 Å². The molecule has 2 aromatic heterocycles. The van der Waals surface area contributed by atoms with Crippen molar-refractivity contribution < 1.29 is 18.7 Å². The number of aromatic nitrogens is 1. The highest BCUT2D eigenvalue weighted by Crippen LogP contribution is 2.33. The smallest absolute Gasteiger partial charge is 0.180 e. The number of rotatable bonds is 6. The third kappa shape index (κ3) is 3.46. The van der Waals surface area contributed by atoms with E-state index in [-0.39, 0.29) is 6.10 Å². The van der Waals surface area contributed by atoms with Gasteiger partial charge in [-0.15, -0.1) is 0 Å². The number of aryl methyl sites for hydroxylation is 1. The van der Waals surface area contributed by atoms with Crippen molar-refractivity contribution in [2.24, 2.45) is 0 Å². The van der Waals surface area contributed by atoms with Crippen molar-refractivity contribution in [1.29, 1.82) is 0 Å². The lowest BCUT2D eigenvalue weighted by Gasteiger charge is -2.18. The number of nitrogens with zero attached hydrogens (tertiary/aromatic N) is 1. The lowest BCUT2D eigenvalue weighted by atomic mass is 10.0. The molecule has 2 aromatic carbocycles. The lowest BCUT2D eigenvalue weighted by Crippen LogP contribution is -2.10. The van der Waals surface area contributed by atoms with Gasteiger partial charge in [-0.25, -0.2) is 4.98 Å². The van der Waals surface area contributed by atoms with E-state index in [4.69, 9.17) is 13.6 Å². The molecule has 4 rings (SSSR count). The van der Waals surface area contributed by atoms with Gasteiger partial charge in [0.15, 0.2) is 12.5 Å². The monoisotopic (exact) mass is 363 g/mol. The number of fused-ring (bicyclic) bond motifs is 1. The number of aliphatic hydroxyl groups is 1. The molecule has 0 spiro atoms. The SMILES string of the molecule is CCC(O)c1occ2cc(OC(c3cccc(C)c3)c3cocn3)ccc12. The minimum Gasteiger partial charge on any atom is -0.479 e. The number of oxazole rings is 1. The molecule has 0 bridgehead atoms. The summed E-state index contributed by atoms with van der Waals surface area (Å²) in [5, 5.41) is 11.9. The van der Waals surface area contributed by atoms with Crippen molar-refractivity contribution in [2.75, 3.05) is 0 Å². The molecule has 138 valence electrons. The van der Waals surface area contributed by atoms with E-state index in [1.165, 1.54) is 6.39 Å². The molecule has 27 heavy (non-hydrogen) atoms. The molecular weight excluding hydrogens is 342 g/mol. The molecule has 0 aliphatic rings. The first-order valence-corrected chi connectivity index (χ1v) is 8.96. The molecule has 5 heteroatoms. The molecule has 5 nitrogen and oxygen atoms in total. The molecule has 0 radical (unpaired) electrons. The Morgan fingerprint density at radius 3 is 2.78 bits per heavy atom. The zero-order chi connectivity index (χ0) is 18.8. The van der Waals surface area contributed by atoms with E-state index in [0.29, 0.717) is 23.6 Å². The zero-order valence-electron chi connectivity index (χ0n) is 15.3. The van der Waals surface area contributed by atoms with Crippen molar-refractivity contribution in [1.82, 2.24) is 4.98 Å². The summed E-state index contributed by atoms with van der Waals surface area (Å²) in [4.78, 5) is 4.28. The number of benzene rings is 2. The van der Waals surface area contributed by atoms with E-state index in [0.717, 1.165) is 21.9 Å². The maximum Gasteiger partial charge on any atom is 0.180 e. The van der Waals surface area contributed by atoms with Crippen molar-refractivity contribution in [3.8, 4) is 5.75 Å². The van der Waals surface area contributed by atoms with Crippen LogP contribution in [0.2, 0.25) is 0 Å². The number of hydrogen-bond donors (Lipinski definition) is 1. The molecule has 1 N–H and O–H groups in total. The van der Waals surface area contributed by atoms with Crippen LogP contribution in [0, 0.1) is 6.92 Å². The van der Waals surface area contributed by atoms with E-state index >= 15 is 0 Å². The predicted molar refractivity (Wildman–Crippen MR) is 102 cm³/mol. The van der Waals surface area contributed by atoms with Crippen LogP contribution < -0.4 is 4.74 Å². The molecule has 0 amide bonds. The molecule has 2 unspecified atom stereocenters. The van der Waals surface area contributed by atoms with Gasteiger partial charge in [0.25, 0.3) is 0 Å². The second-order valence-corrected chi connectivity index (χ2v) is 6.60. The summed E-state index contributed by atoms with van der Waals surface area (Å²) in [6, 6.07) is 13.8. The third-order valence-electron chi connectivity index (χ3n) is 4.61. The Morgan fingerprint density at radius 2 is 2.04 bits per heavy atom. The third-order valence-corrected chi connectivity index (χ3v) is 4.61. The van der Waals surface area contributed by atoms with Gasteiger partial charge in [0.2, 0.25) is 0 Å². The van der Waals surface area contributed by atoms with E-state index in [1.807, 2.05) is 50.2 Å². The first kappa shape index (κ1) is 17.4. The Morgan fingerprint density at radius 1 is 1.15 bits per heavy atom. The summed E-state index contributed by atoms with van der Waals surface area (Å²) in [5.41, 5.74) is 2.85. The number of hydrogen-bond acceptors (Lipinski definition) is 5. The molecule has 0 aliphatic heterocycles. The first-order valence-electron chi connectivity index (χ1n) is 8.96. The minimum atomic E-state index is -0.607. The summed E-state index contributed by atoms with van der Waals surface area (Å²) >= 11 is 0. The maximum absolute atomic E-state index is 10.1. The van der Waals surface area contributed by atoms with Gasteiger partial charge >= 0.3 is 0 Å². The molecule has 0 fully saturated rings. The Labute approximate surface area is 157 Å². The predicted octanol–water partition coefficient (Wildman–Crippen LogP) is 5.34. The van der Waals surface area contributed by atoms with Crippen molar-refractivity contribution in [2.45, 2.75) is 32.5 Å². The van der Waals surface area contributed by atoms with Crippen LogP contribution in [-0.2, 0) is 0 Å². The summed E-state index contributed by atoms with van der Waals surface area (Å²) in [7, 11) is 0. The molecule has 2 heterocycles. The normalized spacial score (nSPS) is 13.6. The number of aliphatic hydroxyl groups excluding tert-OH is 1. The lowest BCUT2D eigenvalue weighted by molar-refractivity contribution is 0.148. The summed E-state index contributed by atoms with van der Waals surface area (Å²) < 4.78 is 17.0. The summed E-state index contributed by atoms with van der Waals surface area (Å²) in [6.45, 7) is 3.96. The highest BCUT2D eigenvalue weighted by Gasteiger charge is 2.20. The van der Waals surface area contributed by atoms with Gasteiger partial charge in [-0.05, 0) is 37.1 Å². The maximum atomic E-state index is 10.1. The minimum absolute atomic E-state index is 0.381. The van der Waals surface area contributed by atoms with Gasteiger partial charge in [0.1, 0.15) is 29.6 Å². The van der Waals surface area contributed by atoms with E-state index in [9.17, 15) is 5.11 Å². The van der Waals surface area contributed by atoms with Crippen LogP contribution in [0.15, 0.2) is 70.2 Å². The summed E-state index contributed by atoms with van der Waals surface area (Å²) in [6.07, 6.45) is 4.26. The summed E-state index contributed by atoms with van der Waals surface area (Å²) in [5.74, 6) is 1.28. The molecular formula is C22H21NO4. The molecule has 2 atom stereocenters. The van der Waals surface area contributed by atoms with Crippen LogP contribution in [0.5, 0.6) is 5.75 Å². The highest BCUT2D eigenvalue weighted by molar-refractivity contribution is 5.85. The van der Waals surface area contributed by atoms with Crippen molar-refractivity contribution >= 4 is 10.8 Å². The Balaban J connectivity index is 1.69. The van der Waals surface area contributed by atoms with Gasteiger partial charge in [-0.1, -0.05) is 36.8 Å². The molecule has 0 saturated carbocycles. The van der Waals surface area contributed by atoms with Crippen LogP contribution in [0.3, 0.4) is 0 Å². The van der Waals surface area contributed by atoms with Crippen molar-refractivity contribution in [3.05, 3.63) is 84.0 Å². The molecule has 0 saturated heterocycles. The van der Waals surface area contributed by atoms with Crippen LogP contribution in [0.25, 0.3) is 10.8 Å². The average molecular weight is 363 g/mol. The first-order chi connectivity index (χ1) is 13.2. The fourth-order valence-corrected chi connectivity index (χ4v) is 3.19. The Bertz CT molecular complexity index is 1040. The number of furan rings is 1. The van der Waals surface area contributed by atoms with Crippen LogP contribution >= 0.6 is 0 Å². The van der Waals surface area contributed by atoms with Crippen LogP contribution in [-0.4, -0.2) is 10.1 Å². The van der Waals surface area contributed by atoms with Crippen LogP contribution in [0.1, 0.15) is 48.1 Å². The van der Waals surface area contributed by atoms with E-state index < -0.39 is 6.10 Å². The van der Waals surface area contributed by atoms with Crippen LogP contribution in [0.4, 0.5) is 0 Å². The second-order valence-electron chi connectivity index (χ2n) is 6.60. The fourth-order valence-electron chi connectivity index (χ4n) is 3.19. The largest absolute Gasteiger partial charge is 0.479 e. The fraction of sp³-hybridized carbons (Fsp3) is 0.227. The molecule has 4 aromatic rings. The quantitative estimate of drug-likeness (QED) is 0.501. The number of ether oxygens (including phenoxy) is 1. The van der Waals surface area contributed by atoms with Gasteiger partial charge in [0, 0.05) is 10.8 Å². The van der Waals surface area contributed by atoms with E-state index in [1.54, 1.807) is 12.5 Å². The highest BCUT2D eigenvalue weighted by atomic mass is 16.5. The Hall–Kier alpha value is -3.05. The Kier molecular flexibility index (Phi) is 4.69. The van der Waals surface area contributed by atoms with Crippen molar-refractivity contribution in [3.63, 3.8) is 0 Å². The molecule has 0 aliphatic carbocycles. The zero-order valence-corrected chi connectivity index (χ0v) is 15.3. The van der Waals surface area contributed by atoms with Gasteiger partial charge in [-0.2, -0.15) is 0 Å². The van der Waals surface area contributed by atoms with Gasteiger partial charge in [0.05, 0.1) is 6.26 Å². The topological polar surface area (TPSA) is 68.6 Å². The second kappa shape index (κ2) is 7.29. The van der Waals surface area contributed by atoms with Gasteiger partial charge < -0.3 is 18.7 Å². The van der Waals surface area contributed by atoms with Gasteiger partial charge in [-0.3, -0.25) is 0 Å². The average Bonchev–Trinajstić information content (AvgIpc) is 3.35.